The zero-order chi connectivity index (χ0) is 25.1. The fourth-order valence-corrected chi connectivity index (χ4v) is 3.91. The third-order valence-electron chi connectivity index (χ3n) is 5.54. The van der Waals surface area contributed by atoms with Crippen LogP contribution in [0.3, 0.4) is 0 Å². The van der Waals surface area contributed by atoms with Gasteiger partial charge in [0.15, 0.2) is 0 Å². The van der Waals surface area contributed by atoms with Crippen LogP contribution in [-0.2, 0) is 32.6 Å². The Morgan fingerprint density at radius 3 is 2.24 bits per heavy atom. The summed E-state index contributed by atoms with van der Waals surface area (Å²) in [5, 5.41) is 3.53. The lowest BCUT2D eigenvalue weighted by Gasteiger charge is -2.32. The zero-order valence-electron chi connectivity index (χ0n) is 20.0. The molecule has 0 radical (unpaired) electrons. The van der Waals surface area contributed by atoms with Gasteiger partial charge in [-0.15, -0.1) is 0 Å². The fraction of sp³-hybridized carbons (Fsp3) is 0.440. The highest BCUT2D eigenvalue weighted by molar-refractivity contribution is 7.88. The Labute approximate surface area is 208 Å². The van der Waals surface area contributed by atoms with Crippen LogP contribution in [0.15, 0.2) is 54.6 Å². The highest BCUT2D eigenvalue weighted by atomic mass is 35.5. The van der Waals surface area contributed by atoms with Gasteiger partial charge in [-0.3, -0.25) is 9.59 Å². The maximum Gasteiger partial charge on any atom is 0.243 e. The predicted molar refractivity (Wildman–Crippen MR) is 136 cm³/mol. The molecule has 1 N–H and O–H groups in total. The van der Waals surface area contributed by atoms with Crippen LogP contribution in [0, 0.1) is 0 Å². The molecule has 0 aromatic heterocycles. The second-order valence-electron chi connectivity index (χ2n) is 8.37. The molecule has 0 aliphatic rings. The molecule has 0 aliphatic carbocycles. The van der Waals surface area contributed by atoms with Gasteiger partial charge < -0.3 is 10.2 Å². The third kappa shape index (κ3) is 9.08. The van der Waals surface area contributed by atoms with Crippen molar-refractivity contribution in [3.8, 4) is 0 Å². The average Bonchev–Trinajstić information content (AvgIpc) is 2.80. The van der Waals surface area contributed by atoms with E-state index in [0.717, 1.165) is 41.0 Å². The van der Waals surface area contributed by atoms with Gasteiger partial charge in [0.1, 0.15) is 6.04 Å². The van der Waals surface area contributed by atoms with Gasteiger partial charge in [0.2, 0.25) is 21.8 Å². The van der Waals surface area contributed by atoms with Crippen molar-refractivity contribution in [3.63, 3.8) is 0 Å². The largest absolute Gasteiger partial charge is 0.354 e. The normalized spacial score (nSPS) is 12.4. The molecular formula is C25H34ClN3O4S. The first-order valence-corrected chi connectivity index (χ1v) is 13.6. The number of hydrogen-bond acceptors (Lipinski definition) is 4. The van der Waals surface area contributed by atoms with Crippen molar-refractivity contribution in [3.05, 3.63) is 70.7 Å². The number of rotatable bonds is 13. The molecule has 9 heteroatoms. The Kier molecular flexibility index (Phi) is 11.0. The van der Waals surface area contributed by atoms with Gasteiger partial charge >= 0.3 is 0 Å². The molecule has 0 heterocycles. The summed E-state index contributed by atoms with van der Waals surface area (Å²) < 4.78 is 24.9. The van der Waals surface area contributed by atoms with Gasteiger partial charge in [0.05, 0.1) is 12.8 Å². The molecule has 34 heavy (non-hydrogen) atoms. The van der Waals surface area contributed by atoms with Crippen molar-refractivity contribution in [1.82, 2.24) is 14.5 Å². The Morgan fingerprint density at radius 2 is 1.65 bits per heavy atom. The lowest BCUT2D eigenvalue weighted by atomic mass is 10.0. The van der Waals surface area contributed by atoms with E-state index in [1.807, 2.05) is 30.3 Å². The van der Waals surface area contributed by atoms with E-state index in [-0.39, 0.29) is 19.0 Å². The lowest BCUT2D eigenvalue weighted by molar-refractivity contribution is -0.141. The SMILES string of the molecule is CCCCCNC(=O)[C@H](Cc1ccccc1)N(Cc1ccc(Cl)cc1)C(=O)CN(C)S(C)(=O)=O. The Bertz CT molecular complexity index is 1030. The Hall–Kier alpha value is -2.42. The van der Waals surface area contributed by atoms with Gasteiger partial charge in [-0.2, -0.15) is 4.31 Å². The summed E-state index contributed by atoms with van der Waals surface area (Å²) in [6.07, 6.45) is 4.23. The van der Waals surface area contributed by atoms with Crippen molar-refractivity contribution in [2.24, 2.45) is 0 Å². The van der Waals surface area contributed by atoms with E-state index < -0.39 is 22.0 Å². The number of nitrogens with zero attached hydrogens (tertiary/aromatic N) is 2. The van der Waals surface area contributed by atoms with Crippen molar-refractivity contribution < 1.29 is 18.0 Å². The Balaban J connectivity index is 2.38. The minimum Gasteiger partial charge on any atom is -0.354 e. The van der Waals surface area contributed by atoms with Crippen LogP contribution in [0.5, 0.6) is 0 Å². The lowest BCUT2D eigenvalue weighted by Crippen LogP contribution is -2.53. The number of carbonyl (C=O) groups is 2. The molecule has 186 valence electrons. The number of sulfonamides is 1. The molecule has 2 aromatic carbocycles. The number of benzene rings is 2. The molecule has 2 amide bonds. The average molecular weight is 508 g/mol. The first-order chi connectivity index (χ1) is 16.1. The maximum atomic E-state index is 13.4. The number of likely N-dealkylation sites (N-methyl/N-ethyl adjacent to an activating group) is 1. The summed E-state index contributed by atoms with van der Waals surface area (Å²) in [6, 6.07) is 15.7. The van der Waals surface area contributed by atoms with Crippen LogP contribution in [0.25, 0.3) is 0 Å². The summed E-state index contributed by atoms with van der Waals surface area (Å²) in [6.45, 7) is 2.39. The van der Waals surface area contributed by atoms with E-state index in [0.29, 0.717) is 18.0 Å². The predicted octanol–water partition coefficient (Wildman–Crippen LogP) is 3.48. The number of unbranched alkanes of at least 4 members (excludes halogenated alkanes) is 2. The van der Waals surface area contributed by atoms with Gasteiger partial charge in [0.25, 0.3) is 0 Å². The highest BCUT2D eigenvalue weighted by Gasteiger charge is 2.31. The number of halogens is 1. The second kappa shape index (κ2) is 13.5. The van der Waals surface area contributed by atoms with Gasteiger partial charge in [-0.25, -0.2) is 8.42 Å². The molecule has 0 saturated carbocycles. The number of nitrogens with one attached hydrogen (secondary N) is 1. The molecule has 0 fully saturated rings. The summed E-state index contributed by atoms with van der Waals surface area (Å²) in [4.78, 5) is 28.2. The van der Waals surface area contributed by atoms with Crippen LogP contribution in [0.4, 0.5) is 0 Å². The molecule has 7 nitrogen and oxygen atoms in total. The van der Waals surface area contributed by atoms with Crippen LogP contribution in [-0.4, -0.2) is 61.9 Å². The highest BCUT2D eigenvalue weighted by Crippen LogP contribution is 2.17. The minimum atomic E-state index is -3.57. The van der Waals surface area contributed by atoms with Crippen molar-refractivity contribution in [2.75, 3.05) is 26.4 Å². The van der Waals surface area contributed by atoms with Crippen LogP contribution < -0.4 is 5.32 Å². The molecule has 2 rings (SSSR count). The van der Waals surface area contributed by atoms with Gasteiger partial charge in [0, 0.05) is 31.6 Å². The smallest absolute Gasteiger partial charge is 0.243 e. The first-order valence-electron chi connectivity index (χ1n) is 11.4. The summed E-state index contributed by atoms with van der Waals surface area (Å²) in [7, 11) is -2.22. The van der Waals surface area contributed by atoms with Crippen molar-refractivity contribution in [1.29, 1.82) is 0 Å². The first kappa shape index (κ1) is 27.8. The summed E-state index contributed by atoms with van der Waals surface area (Å²) >= 11 is 6.01. The number of hydrogen-bond donors (Lipinski definition) is 1. The molecule has 1 atom stereocenters. The molecule has 2 aromatic rings. The van der Waals surface area contributed by atoms with Crippen LogP contribution in [0.1, 0.15) is 37.3 Å². The molecule has 0 spiro atoms. The number of carbonyl (C=O) groups excluding carboxylic acids is 2. The zero-order valence-corrected chi connectivity index (χ0v) is 21.6. The molecule has 0 saturated heterocycles. The van der Waals surface area contributed by atoms with E-state index >= 15 is 0 Å². The summed E-state index contributed by atoms with van der Waals surface area (Å²) in [5.41, 5.74) is 1.69. The van der Waals surface area contributed by atoms with Crippen LogP contribution >= 0.6 is 11.6 Å². The standard InChI is InChI=1S/C25H34ClN3O4S/c1-4-5-9-16-27-25(31)23(17-20-10-7-6-8-11-20)29(18-21-12-14-22(26)15-13-21)24(30)19-28(2)34(3,32)33/h6-8,10-15,23H,4-5,9,16-19H2,1-3H3,(H,27,31)/t23-/m0/s1. The van der Waals surface area contributed by atoms with Crippen LogP contribution in [0.2, 0.25) is 5.02 Å². The topological polar surface area (TPSA) is 86.8 Å². The third-order valence-corrected chi connectivity index (χ3v) is 7.05. The van der Waals surface area contributed by atoms with Crippen molar-refractivity contribution in [2.45, 2.75) is 45.2 Å². The maximum absolute atomic E-state index is 13.4. The second-order valence-corrected chi connectivity index (χ2v) is 10.9. The molecule has 0 aliphatic heterocycles. The monoisotopic (exact) mass is 507 g/mol. The molecular weight excluding hydrogens is 474 g/mol. The van der Waals surface area contributed by atoms with E-state index in [4.69, 9.17) is 11.6 Å². The Morgan fingerprint density at radius 1 is 1.00 bits per heavy atom. The van der Waals surface area contributed by atoms with E-state index in [2.05, 4.69) is 12.2 Å². The van der Waals surface area contributed by atoms with E-state index in [1.54, 1.807) is 24.3 Å². The van der Waals surface area contributed by atoms with Crippen molar-refractivity contribution >= 4 is 33.4 Å². The van der Waals surface area contributed by atoms with Gasteiger partial charge in [-0.1, -0.05) is 73.8 Å². The molecule has 0 unspecified atom stereocenters. The quantitative estimate of drug-likeness (QED) is 0.420. The van der Waals surface area contributed by atoms with E-state index in [1.165, 1.54) is 11.9 Å². The van der Waals surface area contributed by atoms with E-state index in [9.17, 15) is 18.0 Å². The number of amides is 2. The molecule has 0 bridgehead atoms. The fourth-order valence-electron chi connectivity index (χ4n) is 3.44. The van der Waals surface area contributed by atoms with Gasteiger partial charge in [-0.05, 0) is 29.7 Å². The summed E-state index contributed by atoms with van der Waals surface area (Å²) in [5.74, 6) is -0.711. The minimum absolute atomic E-state index is 0.146.